The van der Waals surface area contributed by atoms with Crippen molar-refractivity contribution < 1.29 is 19.1 Å². The van der Waals surface area contributed by atoms with E-state index in [1.54, 1.807) is 6.08 Å². The van der Waals surface area contributed by atoms with Gasteiger partial charge in [0.15, 0.2) is 0 Å². The van der Waals surface area contributed by atoms with Crippen LogP contribution in [0.2, 0.25) is 0 Å². The molecule has 0 aromatic heterocycles. The number of methoxy groups -OCH3 is 1. The number of rotatable bonds is 10. The predicted molar refractivity (Wildman–Crippen MR) is 156 cm³/mol. The van der Waals surface area contributed by atoms with Crippen molar-refractivity contribution in [2.24, 2.45) is 17.6 Å². The van der Waals surface area contributed by atoms with Gasteiger partial charge >= 0.3 is 11.9 Å². The van der Waals surface area contributed by atoms with E-state index < -0.39 is 6.04 Å². The summed E-state index contributed by atoms with van der Waals surface area (Å²) in [6.07, 6.45) is 12.7. The molecular weight excluding hydrogens is 462 g/mol. The number of unbranched alkanes of at least 4 members (excludes halogenated alkanes) is 2. The Kier molecular flexibility index (Phi) is 18.4. The Bertz CT molecular complexity index is 841. The molecule has 0 radical (unpaired) electrons. The number of carbonyl (C=O) groups excluding carboxylic acids is 2. The van der Waals surface area contributed by atoms with Gasteiger partial charge in [-0.15, -0.1) is 6.58 Å². The molecule has 5 nitrogen and oxygen atoms in total. The van der Waals surface area contributed by atoms with Crippen LogP contribution in [0, 0.1) is 11.8 Å². The highest BCUT2D eigenvalue weighted by Gasteiger charge is 2.23. The standard InChI is InChI=1S/C23H35NO2.C6H12O2.C3H6/c1-5-6-7-10-18-12-13-20(19-11-8-9-17(4)14-19)21(15-18)26-23(25)22(24)16(2)3;1-5(2)4-6(7)8-3;1-3-2/h12-16,19,22H,5-11,24H2,1-4H3;5H,4H2,1-3H3;3H,1H2,2H3. The molecule has 1 aromatic carbocycles. The summed E-state index contributed by atoms with van der Waals surface area (Å²) in [4.78, 5) is 22.9. The van der Waals surface area contributed by atoms with E-state index in [2.05, 4.69) is 49.4 Å². The lowest BCUT2D eigenvalue weighted by Crippen LogP contribution is -2.38. The van der Waals surface area contributed by atoms with Crippen molar-refractivity contribution in [1.29, 1.82) is 0 Å². The van der Waals surface area contributed by atoms with Crippen molar-refractivity contribution in [3.8, 4) is 5.75 Å². The molecule has 0 saturated carbocycles. The molecule has 2 rings (SSSR count). The van der Waals surface area contributed by atoms with Crippen LogP contribution in [-0.4, -0.2) is 25.1 Å². The second-order valence-electron chi connectivity index (χ2n) is 10.6. The molecule has 0 bridgehead atoms. The first-order valence-corrected chi connectivity index (χ1v) is 13.9. The molecule has 5 heteroatoms. The molecular formula is C32H53NO4. The van der Waals surface area contributed by atoms with Gasteiger partial charge in [0.1, 0.15) is 11.8 Å². The Balaban J connectivity index is 0.000000992. The molecule has 2 unspecified atom stereocenters. The summed E-state index contributed by atoms with van der Waals surface area (Å²) < 4.78 is 10.2. The highest BCUT2D eigenvalue weighted by molar-refractivity contribution is 5.78. The molecule has 2 atom stereocenters. The van der Waals surface area contributed by atoms with Gasteiger partial charge in [0.05, 0.1) is 7.11 Å². The number of ether oxygens (including phenoxy) is 2. The highest BCUT2D eigenvalue weighted by Crippen LogP contribution is 2.37. The van der Waals surface area contributed by atoms with E-state index in [-0.39, 0.29) is 17.9 Å². The monoisotopic (exact) mass is 515 g/mol. The molecule has 0 fully saturated rings. The largest absolute Gasteiger partial charge is 0.469 e. The van der Waals surface area contributed by atoms with Crippen molar-refractivity contribution in [2.45, 2.75) is 112 Å². The molecule has 2 N–H and O–H groups in total. The van der Waals surface area contributed by atoms with Crippen LogP contribution in [0.1, 0.15) is 110 Å². The van der Waals surface area contributed by atoms with Crippen LogP contribution < -0.4 is 10.5 Å². The molecule has 0 aliphatic heterocycles. The summed E-state index contributed by atoms with van der Waals surface area (Å²) in [6, 6.07) is 5.83. The lowest BCUT2D eigenvalue weighted by molar-refractivity contribution is -0.141. The molecule has 0 heterocycles. The van der Waals surface area contributed by atoms with Gasteiger partial charge in [0, 0.05) is 17.9 Å². The zero-order valence-corrected chi connectivity index (χ0v) is 24.8. The number of benzene rings is 1. The molecule has 210 valence electrons. The molecule has 37 heavy (non-hydrogen) atoms. The van der Waals surface area contributed by atoms with E-state index in [1.165, 1.54) is 43.9 Å². The minimum atomic E-state index is -0.588. The van der Waals surface area contributed by atoms with Gasteiger partial charge in [-0.3, -0.25) is 4.79 Å². The van der Waals surface area contributed by atoms with Crippen molar-refractivity contribution in [3.05, 3.63) is 53.6 Å². The van der Waals surface area contributed by atoms with E-state index in [1.807, 2.05) is 34.6 Å². The van der Waals surface area contributed by atoms with Crippen LogP contribution in [0.3, 0.4) is 0 Å². The van der Waals surface area contributed by atoms with Crippen molar-refractivity contribution >= 4 is 11.9 Å². The van der Waals surface area contributed by atoms with Crippen molar-refractivity contribution in [3.63, 3.8) is 0 Å². The lowest BCUT2D eigenvalue weighted by atomic mass is 9.85. The minimum absolute atomic E-state index is 0.0653. The predicted octanol–water partition coefficient (Wildman–Crippen LogP) is 7.92. The number of carbonyl (C=O) groups is 2. The molecule has 1 aliphatic rings. The molecule has 0 saturated heterocycles. The van der Waals surface area contributed by atoms with Gasteiger partial charge in [-0.2, -0.15) is 0 Å². The minimum Gasteiger partial charge on any atom is -0.469 e. The maximum absolute atomic E-state index is 12.5. The van der Waals surface area contributed by atoms with Gasteiger partial charge in [0.2, 0.25) is 0 Å². The van der Waals surface area contributed by atoms with Crippen LogP contribution in [0.5, 0.6) is 5.75 Å². The van der Waals surface area contributed by atoms with E-state index in [0.29, 0.717) is 24.0 Å². The molecule has 0 spiro atoms. The summed E-state index contributed by atoms with van der Waals surface area (Å²) in [6.45, 7) is 17.5. The van der Waals surface area contributed by atoms with Gasteiger partial charge < -0.3 is 15.2 Å². The third-order valence-corrected chi connectivity index (χ3v) is 6.12. The Morgan fingerprint density at radius 3 is 2.32 bits per heavy atom. The van der Waals surface area contributed by atoms with Crippen LogP contribution in [-0.2, 0) is 20.7 Å². The van der Waals surface area contributed by atoms with Crippen molar-refractivity contribution in [2.75, 3.05) is 7.11 Å². The topological polar surface area (TPSA) is 78.6 Å². The maximum atomic E-state index is 12.5. The van der Waals surface area contributed by atoms with Gasteiger partial charge in [0.25, 0.3) is 0 Å². The fraction of sp³-hybridized carbons (Fsp3) is 0.625. The van der Waals surface area contributed by atoms with E-state index in [0.717, 1.165) is 24.8 Å². The zero-order chi connectivity index (χ0) is 28.4. The van der Waals surface area contributed by atoms with Gasteiger partial charge in [-0.05, 0) is 69.4 Å². The van der Waals surface area contributed by atoms with Crippen LogP contribution in [0.25, 0.3) is 0 Å². The third-order valence-electron chi connectivity index (χ3n) is 6.12. The maximum Gasteiger partial charge on any atom is 0.328 e. The van der Waals surface area contributed by atoms with Crippen molar-refractivity contribution in [1.82, 2.24) is 0 Å². The summed E-state index contributed by atoms with van der Waals surface area (Å²) >= 11 is 0. The fourth-order valence-electron chi connectivity index (χ4n) is 3.93. The normalized spacial score (nSPS) is 15.4. The number of hydrogen-bond donors (Lipinski definition) is 1. The first-order chi connectivity index (χ1) is 17.5. The van der Waals surface area contributed by atoms with Crippen LogP contribution in [0.4, 0.5) is 0 Å². The van der Waals surface area contributed by atoms with Gasteiger partial charge in [-0.25, -0.2) is 4.79 Å². The second-order valence-corrected chi connectivity index (χ2v) is 10.6. The Morgan fingerprint density at radius 2 is 1.84 bits per heavy atom. The highest BCUT2D eigenvalue weighted by atomic mass is 16.5. The average Bonchev–Trinajstić information content (AvgIpc) is 2.84. The lowest BCUT2D eigenvalue weighted by Gasteiger charge is -2.23. The first kappa shape index (κ1) is 34.6. The Labute approximate surface area is 226 Å². The molecule has 1 aliphatic carbocycles. The summed E-state index contributed by atoms with van der Waals surface area (Å²) in [5, 5.41) is 0. The number of nitrogens with two attached hydrogens (primary N) is 1. The Hall–Kier alpha value is -2.40. The smallest absolute Gasteiger partial charge is 0.328 e. The van der Waals surface area contributed by atoms with Gasteiger partial charge in [-0.1, -0.05) is 77.3 Å². The summed E-state index contributed by atoms with van der Waals surface area (Å²) in [5.74, 6) is 1.05. The SMILES string of the molecule is C=CC.CCCCCc1ccc(C2C=C(C)CCC2)c(OC(=O)C(N)C(C)C)c1.COC(=O)CC(C)C. The number of aryl methyl sites for hydroxylation is 1. The van der Waals surface area contributed by atoms with E-state index in [9.17, 15) is 9.59 Å². The summed E-state index contributed by atoms with van der Waals surface area (Å²) in [5.41, 5.74) is 9.78. The zero-order valence-electron chi connectivity index (χ0n) is 24.8. The van der Waals surface area contributed by atoms with Crippen LogP contribution in [0.15, 0.2) is 42.5 Å². The number of esters is 2. The summed E-state index contributed by atoms with van der Waals surface area (Å²) in [7, 11) is 1.41. The quantitative estimate of drug-likeness (QED) is 0.148. The average molecular weight is 516 g/mol. The molecule has 0 amide bonds. The fourth-order valence-corrected chi connectivity index (χ4v) is 3.93. The second kappa shape index (κ2) is 19.7. The van der Waals surface area contributed by atoms with E-state index >= 15 is 0 Å². The van der Waals surface area contributed by atoms with E-state index in [4.69, 9.17) is 10.5 Å². The Morgan fingerprint density at radius 1 is 1.19 bits per heavy atom. The number of allylic oxidation sites excluding steroid dienone is 3. The van der Waals surface area contributed by atoms with Crippen LogP contribution >= 0.6 is 0 Å². The molecule has 1 aromatic rings. The number of hydrogen-bond acceptors (Lipinski definition) is 5. The first-order valence-electron chi connectivity index (χ1n) is 13.9. The third kappa shape index (κ3) is 14.8.